The van der Waals surface area contributed by atoms with Gasteiger partial charge in [-0.05, 0) is 6.92 Å². The van der Waals surface area contributed by atoms with Crippen LogP contribution in [0.5, 0.6) is 0 Å². The molecule has 1 atom stereocenters. The lowest BCUT2D eigenvalue weighted by Gasteiger charge is -2.26. The molecule has 146 valence electrons. The van der Waals surface area contributed by atoms with Crippen LogP contribution < -0.4 is 0 Å². The minimum Gasteiger partial charge on any atom is -0.339 e. The molecule has 0 saturated heterocycles. The number of amides is 1. The van der Waals surface area contributed by atoms with Crippen LogP contribution in [0.4, 0.5) is 0 Å². The van der Waals surface area contributed by atoms with Gasteiger partial charge in [-0.2, -0.15) is 0 Å². The summed E-state index contributed by atoms with van der Waals surface area (Å²) in [6.07, 6.45) is 4.38. The predicted octanol–water partition coefficient (Wildman–Crippen LogP) is 2.91. The zero-order valence-electron chi connectivity index (χ0n) is 16.6. The van der Waals surface area contributed by atoms with Gasteiger partial charge in [0.05, 0.1) is 0 Å². The number of hydrogen-bond acceptors (Lipinski definition) is 4. The summed E-state index contributed by atoms with van der Waals surface area (Å²) in [5.41, 5.74) is 1.05. The molecule has 0 spiro atoms. The molecule has 0 fully saturated rings. The van der Waals surface area contributed by atoms with E-state index in [1.165, 1.54) is 0 Å². The first-order valence-corrected chi connectivity index (χ1v) is 9.85. The quantitative estimate of drug-likeness (QED) is 0.700. The summed E-state index contributed by atoms with van der Waals surface area (Å²) < 4.78 is 4.14. The predicted molar refractivity (Wildman–Crippen MR) is 107 cm³/mol. The smallest absolute Gasteiger partial charge is 0.245 e. The van der Waals surface area contributed by atoms with Gasteiger partial charge in [0.1, 0.15) is 17.7 Å². The van der Waals surface area contributed by atoms with Gasteiger partial charge >= 0.3 is 0 Å². The lowest BCUT2D eigenvalue weighted by molar-refractivity contribution is -0.134. The van der Waals surface area contributed by atoms with Crippen molar-refractivity contribution in [1.29, 1.82) is 0 Å². The highest BCUT2D eigenvalue weighted by molar-refractivity contribution is 5.80. The van der Waals surface area contributed by atoms with E-state index in [1.807, 2.05) is 52.9 Å². The topological polar surface area (TPSA) is 68.8 Å². The van der Waals surface area contributed by atoms with Gasteiger partial charge in [0.2, 0.25) is 5.91 Å². The summed E-state index contributed by atoms with van der Waals surface area (Å²) in [6, 6.07) is 9.81. The van der Waals surface area contributed by atoms with E-state index >= 15 is 0 Å². The van der Waals surface area contributed by atoms with Crippen molar-refractivity contribution < 1.29 is 4.79 Å². The van der Waals surface area contributed by atoms with Crippen LogP contribution in [-0.4, -0.2) is 48.2 Å². The van der Waals surface area contributed by atoms with Gasteiger partial charge in [0, 0.05) is 49.9 Å². The van der Waals surface area contributed by atoms with Crippen molar-refractivity contribution in [3.8, 4) is 11.4 Å². The fourth-order valence-electron chi connectivity index (χ4n) is 3.83. The minimum absolute atomic E-state index is 0.125. The molecule has 3 aromatic rings. The molecule has 0 aliphatic carbocycles. The Labute approximate surface area is 165 Å². The number of benzene rings is 1. The maximum Gasteiger partial charge on any atom is 0.245 e. The fraction of sp³-hybridized carbons (Fsp3) is 0.429. The van der Waals surface area contributed by atoms with Gasteiger partial charge < -0.3 is 14.0 Å². The first-order chi connectivity index (χ1) is 13.6. The van der Waals surface area contributed by atoms with Crippen molar-refractivity contribution >= 4 is 5.91 Å². The molecule has 0 unspecified atom stereocenters. The van der Waals surface area contributed by atoms with E-state index < -0.39 is 0 Å². The molecule has 4 rings (SSSR count). The van der Waals surface area contributed by atoms with Gasteiger partial charge in [-0.25, -0.2) is 4.98 Å². The van der Waals surface area contributed by atoms with E-state index in [2.05, 4.69) is 33.6 Å². The third-order valence-electron chi connectivity index (χ3n) is 5.36. The van der Waals surface area contributed by atoms with E-state index in [0.29, 0.717) is 26.1 Å². The van der Waals surface area contributed by atoms with Crippen molar-refractivity contribution in [1.82, 2.24) is 29.2 Å². The second-order valence-electron chi connectivity index (χ2n) is 7.56. The molecule has 0 radical (unpaired) electrons. The number of hydrogen-bond donors (Lipinski definition) is 0. The monoisotopic (exact) mass is 378 g/mol. The molecule has 1 amide bonds. The molecule has 2 aromatic heterocycles. The molecule has 1 aliphatic heterocycles. The van der Waals surface area contributed by atoms with Crippen LogP contribution in [0.25, 0.3) is 11.4 Å². The van der Waals surface area contributed by atoms with Crippen LogP contribution in [0.1, 0.15) is 44.4 Å². The van der Waals surface area contributed by atoms with Crippen LogP contribution in [-0.2, 0) is 17.8 Å². The van der Waals surface area contributed by atoms with Gasteiger partial charge in [0.25, 0.3) is 0 Å². The van der Waals surface area contributed by atoms with Gasteiger partial charge in [-0.3, -0.25) is 4.79 Å². The Morgan fingerprint density at radius 1 is 1.04 bits per heavy atom. The Balaban J connectivity index is 1.52. The Kier molecular flexibility index (Phi) is 4.98. The number of rotatable bonds is 4. The van der Waals surface area contributed by atoms with Crippen molar-refractivity contribution in [3.05, 3.63) is 54.4 Å². The third-order valence-corrected chi connectivity index (χ3v) is 5.36. The highest BCUT2D eigenvalue weighted by Gasteiger charge is 2.27. The Bertz CT molecular complexity index is 958. The number of fused-ring (bicyclic) bond motifs is 1. The van der Waals surface area contributed by atoms with Crippen LogP contribution in [0.15, 0.2) is 42.7 Å². The standard InChI is InChI=1S/C21H26N6O/c1-15(2)19-22-10-12-26(19)16(3)21(28)25-11-9-18-23-24-20(27(18)14-13-25)17-7-5-4-6-8-17/h4-8,10,12,15-16H,9,11,13-14H2,1-3H3/t16-/m1/s1. The SMILES string of the molecule is CC(C)c1nccn1[C@H](C)C(=O)N1CCc2nnc(-c3ccccc3)n2CC1. The van der Waals surface area contributed by atoms with E-state index in [0.717, 1.165) is 23.0 Å². The summed E-state index contributed by atoms with van der Waals surface area (Å²) >= 11 is 0. The van der Waals surface area contributed by atoms with Crippen molar-refractivity contribution in [2.45, 2.75) is 45.7 Å². The Morgan fingerprint density at radius 3 is 2.57 bits per heavy atom. The fourth-order valence-corrected chi connectivity index (χ4v) is 3.83. The summed E-state index contributed by atoms with van der Waals surface area (Å²) in [5.74, 6) is 3.15. The summed E-state index contributed by atoms with van der Waals surface area (Å²) in [7, 11) is 0. The number of aromatic nitrogens is 5. The summed E-state index contributed by atoms with van der Waals surface area (Å²) in [5, 5.41) is 8.76. The molecular formula is C21H26N6O. The van der Waals surface area contributed by atoms with Crippen molar-refractivity contribution in [3.63, 3.8) is 0 Å². The average molecular weight is 378 g/mol. The van der Waals surface area contributed by atoms with E-state index in [-0.39, 0.29) is 17.9 Å². The maximum atomic E-state index is 13.2. The summed E-state index contributed by atoms with van der Waals surface area (Å²) in [4.78, 5) is 19.5. The molecule has 3 heterocycles. The summed E-state index contributed by atoms with van der Waals surface area (Å²) in [6.45, 7) is 8.15. The molecule has 7 heteroatoms. The highest BCUT2D eigenvalue weighted by Crippen LogP contribution is 2.22. The van der Waals surface area contributed by atoms with Gasteiger partial charge in [0.15, 0.2) is 5.82 Å². The number of nitrogens with zero attached hydrogens (tertiary/aromatic N) is 6. The third kappa shape index (κ3) is 3.32. The van der Waals surface area contributed by atoms with Crippen LogP contribution in [0, 0.1) is 0 Å². The first-order valence-electron chi connectivity index (χ1n) is 9.85. The molecule has 7 nitrogen and oxygen atoms in total. The number of carbonyl (C=O) groups excluding carboxylic acids is 1. The molecule has 1 aliphatic rings. The Morgan fingerprint density at radius 2 is 1.82 bits per heavy atom. The molecule has 28 heavy (non-hydrogen) atoms. The van der Waals surface area contributed by atoms with Crippen molar-refractivity contribution in [2.75, 3.05) is 13.1 Å². The van der Waals surface area contributed by atoms with Gasteiger partial charge in [-0.15, -0.1) is 10.2 Å². The van der Waals surface area contributed by atoms with Crippen LogP contribution >= 0.6 is 0 Å². The van der Waals surface area contributed by atoms with E-state index in [9.17, 15) is 4.79 Å². The number of imidazole rings is 1. The minimum atomic E-state index is -0.267. The molecular weight excluding hydrogens is 352 g/mol. The zero-order valence-corrected chi connectivity index (χ0v) is 16.6. The maximum absolute atomic E-state index is 13.2. The van der Waals surface area contributed by atoms with Crippen LogP contribution in [0.2, 0.25) is 0 Å². The lowest BCUT2D eigenvalue weighted by Crippen LogP contribution is -2.38. The van der Waals surface area contributed by atoms with Crippen LogP contribution in [0.3, 0.4) is 0 Å². The van der Waals surface area contributed by atoms with E-state index in [4.69, 9.17) is 0 Å². The molecule has 0 saturated carbocycles. The van der Waals surface area contributed by atoms with E-state index in [1.54, 1.807) is 6.20 Å². The zero-order chi connectivity index (χ0) is 19.7. The lowest BCUT2D eigenvalue weighted by atomic mass is 10.2. The normalized spacial score (nSPS) is 15.4. The average Bonchev–Trinajstić information content (AvgIpc) is 3.30. The highest BCUT2D eigenvalue weighted by atomic mass is 16.2. The molecule has 0 N–H and O–H groups in total. The van der Waals surface area contributed by atoms with Crippen molar-refractivity contribution in [2.24, 2.45) is 0 Å². The van der Waals surface area contributed by atoms with Gasteiger partial charge in [-0.1, -0.05) is 44.2 Å². The largest absolute Gasteiger partial charge is 0.339 e. The first kappa shape index (κ1) is 18.4. The number of carbonyl (C=O) groups is 1. The molecule has 1 aromatic carbocycles. The second-order valence-corrected chi connectivity index (χ2v) is 7.56. The Hall–Kier alpha value is -2.96. The molecule has 0 bridgehead atoms. The second kappa shape index (κ2) is 7.58.